The van der Waals surface area contributed by atoms with E-state index in [2.05, 4.69) is 30.4 Å². The minimum atomic E-state index is -0.371. The molecule has 158 valence electrons. The number of fused-ring (bicyclic) bond motifs is 3. The second-order valence-corrected chi connectivity index (χ2v) is 7.40. The highest BCUT2D eigenvalue weighted by Gasteiger charge is 2.37. The zero-order chi connectivity index (χ0) is 20.5. The van der Waals surface area contributed by atoms with Crippen molar-refractivity contribution in [3.8, 4) is 11.4 Å². The second kappa shape index (κ2) is 8.00. The lowest BCUT2D eigenvalue weighted by molar-refractivity contribution is 0.0973. The quantitative estimate of drug-likeness (QED) is 0.733. The number of nitrogens with zero attached hydrogens (tertiary/aromatic N) is 6. The average Bonchev–Trinajstić information content (AvgIpc) is 3.18. The lowest BCUT2D eigenvalue weighted by Crippen LogP contribution is -2.43. The first kappa shape index (κ1) is 18.9. The monoisotopic (exact) mass is 412 g/mol. The van der Waals surface area contributed by atoms with Gasteiger partial charge in [0.05, 0.1) is 38.0 Å². The molecular weight excluding hydrogens is 388 g/mol. The standard InChI is InChI=1S/C19H24N8O3/c1-20-19(28)25-18-21-9-12(10-22-18)15-23-16(26-2-5-29-6-3-26)14-8-13-11-30-7-4-27(13)17(14)24-15/h9-10,13H,2-8,11H2,1H3,(H2,20,21,22,25,28)/t13-/m1/s1. The molecule has 2 aromatic rings. The van der Waals surface area contributed by atoms with E-state index in [-0.39, 0.29) is 12.0 Å². The van der Waals surface area contributed by atoms with E-state index in [0.717, 1.165) is 37.7 Å². The molecule has 2 aromatic heterocycles. The molecule has 2 saturated heterocycles. The van der Waals surface area contributed by atoms with Gasteiger partial charge >= 0.3 is 6.03 Å². The fraction of sp³-hybridized carbons (Fsp3) is 0.526. The summed E-state index contributed by atoms with van der Waals surface area (Å²) in [5.74, 6) is 2.73. The largest absolute Gasteiger partial charge is 0.378 e. The van der Waals surface area contributed by atoms with Gasteiger partial charge < -0.3 is 24.6 Å². The highest BCUT2D eigenvalue weighted by atomic mass is 16.5. The smallest absolute Gasteiger partial charge is 0.321 e. The van der Waals surface area contributed by atoms with Gasteiger partial charge in [0.1, 0.15) is 11.6 Å². The molecule has 0 saturated carbocycles. The van der Waals surface area contributed by atoms with E-state index in [4.69, 9.17) is 19.4 Å². The fourth-order valence-corrected chi connectivity index (χ4v) is 4.06. The Balaban J connectivity index is 1.52. The minimum absolute atomic E-state index is 0.223. The van der Waals surface area contributed by atoms with Crippen molar-refractivity contribution in [3.63, 3.8) is 0 Å². The van der Waals surface area contributed by atoms with E-state index in [9.17, 15) is 4.79 Å². The number of ether oxygens (including phenoxy) is 2. The van der Waals surface area contributed by atoms with Gasteiger partial charge in [-0.15, -0.1) is 0 Å². The van der Waals surface area contributed by atoms with Crippen molar-refractivity contribution in [1.29, 1.82) is 0 Å². The van der Waals surface area contributed by atoms with Crippen LogP contribution in [0.2, 0.25) is 0 Å². The molecule has 0 radical (unpaired) electrons. The van der Waals surface area contributed by atoms with Crippen LogP contribution in [0.5, 0.6) is 0 Å². The van der Waals surface area contributed by atoms with Crippen LogP contribution >= 0.6 is 0 Å². The Bertz CT molecular complexity index is 932. The zero-order valence-corrected chi connectivity index (χ0v) is 16.8. The van der Waals surface area contributed by atoms with Crippen molar-refractivity contribution >= 4 is 23.6 Å². The third-order valence-corrected chi connectivity index (χ3v) is 5.58. The number of rotatable bonds is 3. The molecule has 5 heterocycles. The minimum Gasteiger partial charge on any atom is -0.378 e. The predicted molar refractivity (Wildman–Crippen MR) is 110 cm³/mol. The number of carbonyl (C=O) groups is 1. The highest BCUT2D eigenvalue weighted by molar-refractivity contribution is 5.87. The van der Waals surface area contributed by atoms with E-state index in [1.807, 2.05) is 0 Å². The molecule has 0 bridgehead atoms. The maximum atomic E-state index is 11.5. The van der Waals surface area contributed by atoms with Crippen LogP contribution in [0.4, 0.5) is 22.4 Å². The van der Waals surface area contributed by atoms with Crippen molar-refractivity contribution in [2.75, 3.05) is 68.2 Å². The molecule has 3 aliphatic heterocycles. The van der Waals surface area contributed by atoms with E-state index in [0.29, 0.717) is 43.9 Å². The first-order valence-electron chi connectivity index (χ1n) is 10.1. The van der Waals surface area contributed by atoms with Crippen LogP contribution in [0.3, 0.4) is 0 Å². The molecular formula is C19H24N8O3. The van der Waals surface area contributed by atoms with Crippen LogP contribution in [-0.2, 0) is 15.9 Å². The van der Waals surface area contributed by atoms with Gasteiger partial charge in [0.15, 0.2) is 5.82 Å². The van der Waals surface area contributed by atoms with Crippen molar-refractivity contribution in [2.45, 2.75) is 12.5 Å². The summed E-state index contributed by atoms with van der Waals surface area (Å²) in [5, 5.41) is 5.03. The van der Waals surface area contributed by atoms with Gasteiger partial charge in [-0.3, -0.25) is 5.32 Å². The van der Waals surface area contributed by atoms with Crippen LogP contribution in [0, 0.1) is 0 Å². The van der Waals surface area contributed by atoms with E-state index in [1.54, 1.807) is 12.4 Å². The zero-order valence-electron chi connectivity index (χ0n) is 16.8. The first-order chi connectivity index (χ1) is 14.7. The van der Waals surface area contributed by atoms with Crippen LogP contribution in [-0.4, -0.2) is 85.1 Å². The number of amides is 2. The van der Waals surface area contributed by atoms with Crippen LogP contribution in [0.1, 0.15) is 5.56 Å². The van der Waals surface area contributed by atoms with Gasteiger partial charge in [-0.1, -0.05) is 0 Å². The Morgan fingerprint density at radius 3 is 2.57 bits per heavy atom. The maximum absolute atomic E-state index is 11.5. The normalized spacial score (nSPS) is 20.5. The van der Waals surface area contributed by atoms with Gasteiger partial charge in [0, 0.05) is 51.1 Å². The summed E-state index contributed by atoms with van der Waals surface area (Å²) in [7, 11) is 1.54. The maximum Gasteiger partial charge on any atom is 0.321 e. The topological polar surface area (TPSA) is 118 Å². The number of hydrogen-bond acceptors (Lipinski definition) is 9. The number of anilines is 3. The Morgan fingerprint density at radius 2 is 1.80 bits per heavy atom. The van der Waals surface area contributed by atoms with Gasteiger partial charge in [-0.25, -0.2) is 24.7 Å². The molecule has 2 N–H and O–H groups in total. The summed E-state index contributed by atoms with van der Waals surface area (Å²) in [4.78, 5) is 34.3. The van der Waals surface area contributed by atoms with E-state index < -0.39 is 0 Å². The van der Waals surface area contributed by atoms with Crippen molar-refractivity contribution < 1.29 is 14.3 Å². The Kier molecular flexibility index (Phi) is 5.05. The number of nitrogens with one attached hydrogen (secondary N) is 2. The lowest BCUT2D eigenvalue weighted by Gasteiger charge is -2.31. The Morgan fingerprint density at radius 1 is 1.07 bits per heavy atom. The molecule has 0 aromatic carbocycles. The molecule has 11 nitrogen and oxygen atoms in total. The second-order valence-electron chi connectivity index (χ2n) is 7.40. The number of morpholine rings is 2. The molecule has 5 rings (SSSR count). The van der Waals surface area contributed by atoms with Gasteiger partial charge in [0.2, 0.25) is 5.95 Å². The molecule has 2 amide bonds. The van der Waals surface area contributed by atoms with Crippen molar-refractivity contribution in [3.05, 3.63) is 18.0 Å². The van der Waals surface area contributed by atoms with E-state index in [1.165, 1.54) is 12.6 Å². The summed E-state index contributed by atoms with van der Waals surface area (Å²) in [6.45, 7) is 5.20. The summed E-state index contributed by atoms with van der Waals surface area (Å²) in [6.07, 6.45) is 4.15. The molecule has 11 heteroatoms. The predicted octanol–water partition coefficient (Wildman–Crippen LogP) is 0.283. The third-order valence-electron chi connectivity index (χ3n) is 5.58. The molecule has 0 spiro atoms. The third kappa shape index (κ3) is 3.50. The van der Waals surface area contributed by atoms with E-state index >= 15 is 0 Å². The molecule has 0 aliphatic carbocycles. The number of aromatic nitrogens is 4. The Labute approximate surface area is 173 Å². The Hall–Kier alpha value is -3.05. The summed E-state index contributed by atoms with van der Waals surface area (Å²) in [5.41, 5.74) is 1.88. The van der Waals surface area contributed by atoms with Crippen molar-refractivity contribution in [1.82, 2.24) is 25.3 Å². The van der Waals surface area contributed by atoms with Crippen LogP contribution < -0.4 is 20.4 Å². The van der Waals surface area contributed by atoms with Gasteiger partial charge in [-0.05, 0) is 0 Å². The number of urea groups is 1. The summed E-state index contributed by atoms with van der Waals surface area (Å²) in [6, 6.07) is -0.0713. The molecule has 1 atom stereocenters. The lowest BCUT2D eigenvalue weighted by atomic mass is 10.1. The number of carbonyl (C=O) groups excluding carboxylic acids is 1. The summed E-state index contributed by atoms with van der Waals surface area (Å²) >= 11 is 0. The SMILES string of the molecule is CNC(=O)Nc1ncc(-c2nc(N3CCOCC3)c3c(n2)N2CCOC[C@H]2C3)cn1. The van der Waals surface area contributed by atoms with Gasteiger partial charge in [-0.2, -0.15) is 0 Å². The van der Waals surface area contributed by atoms with Gasteiger partial charge in [0.25, 0.3) is 0 Å². The average molecular weight is 412 g/mol. The molecule has 30 heavy (non-hydrogen) atoms. The van der Waals surface area contributed by atoms with Crippen LogP contribution in [0.15, 0.2) is 12.4 Å². The highest BCUT2D eigenvalue weighted by Crippen LogP contribution is 2.39. The van der Waals surface area contributed by atoms with Crippen molar-refractivity contribution in [2.24, 2.45) is 0 Å². The molecule has 2 fully saturated rings. The fourth-order valence-electron chi connectivity index (χ4n) is 4.06. The molecule has 3 aliphatic rings. The molecule has 0 unspecified atom stereocenters. The summed E-state index contributed by atoms with van der Waals surface area (Å²) < 4.78 is 11.2. The van der Waals surface area contributed by atoms with Crippen LogP contribution in [0.25, 0.3) is 11.4 Å². The first-order valence-corrected chi connectivity index (χ1v) is 10.1. The number of hydrogen-bond donors (Lipinski definition) is 2.